The number of hydrogen-bond donors (Lipinski definition) is 2. The lowest BCUT2D eigenvalue weighted by Crippen LogP contribution is -2.32. The molecule has 0 bridgehead atoms. The number of aromatic nitrogens is 1. The Bertz CT molecular complexity index is 478. The molecule has 4 nitrogen and oxygen atoms in total. The average Bonchev–Trinajstić information content (AvgIpc) is 2.53. The third-order valence-electron chi connectivity index (χ3n) is 3.38. The predicted molar refractivity (Wildman–Crippen MR) is 90.5 cm³/mol. The molecule has 1 saturated heterocycles. The Morgan fingerprint density at radius 2 is 2.33 bits per heavy atom. The molecule has 0 aromatic carbocycles. The van der Waals surface area contributed by atoms with E-state index in [0.717, 1.165) is 13.0 Å². The van der Waals surface area contributed by atoms with Gasteiger partial charge in [0.2, 0.25) is 0 Å². The van der Waals surface area contributed by atoms with Gasteiger partial charge in [0.1, 0.15) is 11.5 Å². The molecule has 1 aliphatic heterocycles. The summed E-state index contributed by atoms with van der Waals surface area (Å²) in [5.74, 6) is 1.69. The Balaban J connectivity index is 1.93. The lowest BCUT2D eigenvalue weighted by molar-refractivity contribution is 0.0948. The van der Waals surface area contributed by atoms with Crippen LogP contribution in [0, 0.1) is 0 Å². The largest absolute Gasteiger partial charge is 0.370 e. The van der Waals surface area contributed by atoms with Crippen LogP contribution in [0.5, 0.6) is 0 Å². The molecule has 21 heavy (non-hydrogen) atoms. The van der Waals surface area contributed by atoms with Crippen LogP contribution in [0.15, 0.2) is 12.1 Å². The summed E-state index contributed by atoms with van der Waals surface area (Å²) in [4.78, 5) is 16.6. The number of halogens is 1. The monoisotopic (exact) mass is 327 g/mol. The zero-order valence-corrected chi connectivity index (χ0v) is 13.9. The predicted octanol–water partition coefficient (Wildman–Crippen LogP) is 3.57. The molecule has 0 saturated carbocycles. The minimum absolute atomic E-state index is 0.189. The highest BCUT2D eigenvalue weighted by Crippen LogP contribution is 2.24. The van der Waals surface area contributed by atoms with E-state index >= 15 is 0 Å². The third-order valence-corrected chi connectivity index (χ3v) is 5.08. The number of thioether (sulfide) groups is 1. The topological polar surface area (TPSA) is 54.0 Å². The van der Waals surface area contributed by atoms with Gasteiger partial charge in [0.05, 0.1) is 5.02 Å². The molecule has 1 unspecified atom stereocenters. The Kier molecular flexibility index (Phi) is 6.64. The van der Waals surface area contributed by atoms with Gasteiger partial charge in [-0.05, 0) is 37.1 Å². The fourth-order valence-electron chi connectivity index (χ4n) is 2.21. The van der Waals surface area contributed by atoms with E-state index in [9.17, 15) is 4.79 Å². The molecule has 0 aliphatic carbocycles. The van der Waals surface area contributed by atoms with Gasteiger partial charge >= 0.3 is 0 Å². The molecular weight excluding hydrogens is 306 g/mol. The van der Waals surface area contributed by atoms with Gasteiger partial charge in [-0.2, -0.15) is 11.8 Å². The number of hydrogen-bond acceptors (Lipinski definition) is 4. The number of amides is 1. The second kappa shape index (κ2) is 8.49. The number of carbonyl (C=O) groups excluding carboxylic acids is 1. The number of nitrogens with zero attached hydrogens (tertiary/aromatic N) is 1. The first-order valence-electron chi connectivity index (χ1n) is 7.51. The van der Waals surface area contributed by atoms with E-state index in [1.807, 2.05) is 11.8 Å². The Morgan fingerprint density at radius 3 is 3.05 bits per heavy atom. The molecule has 1 fully saturated rings. The van der Waals surface area contributed by atoms with Gasteiger partial charge < -0.3 is 10.6 Å². The van der Waals surface area contributed by atoms with Crippen LogP contribution < -0.4 is 10.6 Å². The Labute approximate surface area is 135 Å². The normalized spacial score (nSPS) is 18.3. The first-order valence-corrected chi connectivity index (χ1v) is 8.93. The minimum Gasteiger partial charge on any atom is -0.370 e. The SMILES string of the molecule is CCCNc1ccc(Cl)c(C(=O)NCC2CCCCS2)n1. The Hall–Kier alpha value is -0.940. The van der Waals surface area contributed by atoms with Crippen molar-refractivity contribution >= 4 is 35.1 Å². The van der Waals surface area contributed by atoms with Crippen LogP contribution in [-0.4, -0.2) is 35.0 Å². The fraction of sp³-hybridized carbons (Fsp3) is 0.600. The highest BCUT2D eigenvalue weighted by molar-refractivity contribution is 7.99. The molecule has 1 aliphatic rings. The molecular formula is C15H22ClN3OS. The minimum atomic E-state index is -0.189. The average molecular weight is 328 g/mol. The molecule has 6 heteroatoms. The molecule has 2 heterocycles. The van der Waals surface area contributed by atoms with Crippen LogP contribution in [0.4, 0.5) is 5.82 Å². The van der Waals surface area contributed by atoms with Crippen LogP contribution in [-0.2, 0) is 0 Å². The summed E-state index contributed by atoms with van der Waals surface area (Å²) in [7, 11) is 0. The van der Waals surface area contributed by atoms with E-state index in [1.54, 1.807) is 12.1 Å². The van der Waals surface area contributed by atoms with Crippen molar-refractivity contribution in [3.8, 4) is 0 Å². The number of rotatable bonds is 6. The first-order chi connectivity index (χ1) is 10.2. The van der Waals surface area contributed by atoms with Crippen LogP contribution in [0.2, 0.25) is 5.02 Å². The van der Waals surface area contributed by atoms with E-state index in [0.29, 0.717) is 28.3 Å². The van der Waals surface area contributed by atoms with E-state index in [2.05, 4.69) is 22.5 Å². The zero-order chi connectivity index (χ0) is 15.1. The maximum absolute atomic E-state index is 12.2. The lowest BCUT2D eigenvalue weighted by Gasteiger charge is -2.21. The summed E-state index contributed by atoms with van der Waals surface area (Å²) in [6.45, 7) is 3.60. The summed E-state index contributed by atoms with van der Waals surface area (Å²) in [6, 6.07) is 3.52. The molecule has 2 rings (SSSR count). The van der Waals surface area contributed by atoms with Gasteiger partial charge in [0, 0.05) is 18.3 Å². The third kappa shape index (κ3) is 5.08. The van der Waals surface area contributed by atoms with Gasteiger partial charge in [-0.3, -0.25) is 4.79 Å². The standard InChI is InChI=1S/C15H22ClN3OS/c1-2-8-17-13-7-6-12(16)14(19-13)15(20)18-10-11-5-3-4-9-21-11/h6-7,11H,2-5,8-10H2,1H3,(H,17,19)(H,18,20). The van der Waals surface area contributed by atoms with E-state index in [-0.39, 0.29) is 5.91 Å². The number of pyridine rings is 1. The van der Waals surface area contributed by atoms with Crippen molar-refractivity contribution in [3.05, 3.63) is 22.8 Å². The molecule has 116 valence electrons. The van der Waals surface area contributed by atoms with Gasteiger partial charge in [-0.25, -0.2) is 4.98 Å². The fourth-order valence-corrected chi connectivity index (χ4v) is 3.64. The quantitative estimate of drug-likeness (QED) is 0.838. The van der Waals surface area contributed by atoms with Gasteiger partial charge in [-0.15, -0.1) is 0 Å². The van der Waals surface area contributed by atoms with Crippen molar-refractivity contribution in [1.82, 2.24) is 10.3 Å². The number of carbonyl (C=O) groups is 1. The van der Waals surface area contributed by atoms with Crippen molar-refractivity contribution in [3.63, 3.8) is 0 Å². The Morgan fingerprint density at radius 1 is 1.48 bits per heavy atom. The summed E-state index contributed by atoms with van der Waals surface area (Å²) >= 11 is 8.03. The van der Waals surface area contributed by atoms with E-state index < -0.39 is 0 Å². The zero-order valence-electron chi connectivity index (χ0n) is 12.3. The van der Waals surface area contributed by atoms with Crippen LogP contribution in [0.25, 0.3) is 0 Å². The summed E-state index contributed by atoms with van der Waals surface area (Å²) in [5.41, 5.74) is 0.304. The highest BCUT2D eigenvalue weighted by Gasteiger charge is 2.17. The number of anilines is 1. The van der Waals surface area contributed by atoms with Crippen LogP contribution in [0.1, 0.15) is 43.1 Å². The summed E-state index contributed by atoms with van der Waals surface area (Å²) in [6.07, 6.45) is 4.71. The van der Waals surface area contributed by atoms with E-state index in [4.69, 9.17) is 11.6 Å². The second-order valence-corrected chi connectivity index (χ2v) is 6.97. The molecule has 0 radical (unpaired) electrons. The molecule has 1 aromatic heterocycles. The first kappa shape index (κ1) is 16.4. The smallest absolute Gasteiger partial charge is 0.271 e. The van der Waals surface area contributed by atoms with E-state index in [1.165, 1.54) is 25.0 Å². The van der Waals surface area contributed by atoms with Crippen molar-refractivity contribution < 1.29 is 4.79 Å². The van der Waals surface area contributed by atoms with Gasteiger partial charge in [-0.1, -0.05) is 24.9 Å². The van der Waals surface area contributed by atoms with Crippen molar-refractivity contribution in [2.45, 2.75) is 37.9 Å². The number of nitrogens with one attached hydrogen (secondary N) is 2. The highest BCUT2D eigenvalue weighted by atomic mass is 35.5. The summed E-state index contributed by atoms with van der Waals surface area (Å²) < 4.78 is 0. The van der Waals surface area contributed by atoms with Crippen LogP contribution >= 0.6 is 23.4 Å². The maximum Gasteiger partial charge on any atom is 0.271 e. The molecule has 1 aromatic rings. The van der Waals surface area contributed by atoms with Gasteiger partial charge in [0.25, 0.3) is 5.91 Å². The van der Waals surface area contributed by atoms with Crippen LogP contribution in [0.3, 0.4) is 0 Å². The molecule has 1 atom stereocenters. The van der Waals surface area contributed by atoms with Crippen molar-refractivity contribution in [2.24, 2.45) is 0 Å². The molecule has 1 amide bonds. The summed E-state index contributed by atoms with van der Waals surface area (Å²) in [5, 5.41) is 7.04. The maximum atomic E-state index is 12.2. The second-order valence-electron chi connectivity index (χ2n) is 5.15. The molecule has 0 spiro atoms. The van der Waals surface area contributed by atoms with Crippen molar-refractivity contribution in [2.75, 3.05) is 24.2 Å². The molecule has 2 N–H and O–H groups in total. The lowest BCUT2D eigenvalue weighted by atomic mass is 10.2. The van der Waals surface area contributed by atoms with Crippen molar-refractivity contribution in [1.29, 1.82) is 0 Å². The van der Waals surface area contributed by atoms with Gasteiger partial charge in [0.15, 0.2) is 0 Å².